The summed E-state index contributed by atoms with van der Waals surface area (Å²) in [7, 11) is 2.19. The molecule has 2 aliphatic heterocycles. The van der Waals surface area contributed by atoms with E-state index < -0.39 is 0 Å². The van der Waals surface area contributed by atoms with Crippen molar-refractivity contribution in [2.24, 2.45) is 0 Å². The van der Waals surface area contributed by atoms with Crippen LogP contribution in [-0.2, 0) is 4.79 Å². The number of halogens is 2. The Morgan fingerprint density at radius 3 is 2.47 bits per heavy atom. The van der Waals surface area contributed by atoms with Crippen LogP contribution >= 0.6 is 35.3 Å². The van der Waals surface area contributed by atoms with Gasteiger partial charge >= 0.3 is 0 Å². The van der Waals surface area contributed by atoms with Gasteiger partial charge in [0.05, 0.1) is 4.88 Å². The van der Waals surface area contributed by atoms with Crippen molar-refractivity contribution in [1.29, 1.82) is 0 Å². The van der Waals surface area contributed by atoms with Crippen LogP contribution in [0.2, 0.25) is 5.02 Å². The molecule has 34 heavy (non-hydrogen) atoms. The first-order valence-electron chi connectivity index (χ1n) is 12.1. The molecule has 0 radical (unpaired) electrons. The molecular weight excluding hydrogens is 491 g/mol. The Morgan fingerprint density at radius 2 is 1.79 bits per heavy atom. The first-order chi connectivity index (χ1) is 15.9. The van der Waals surface area contributed by atoms with Crippen molar-refractivity contribution >= 4 is 57.2 Å². The van der Waals surface area contributed by atoms with Gasteiger partial charge in [-0.05, 0) is 63.0 Å². The lowest BCUT2D eigenvalue weighted by Crippen LogP contribution is -2.55. The lowest BCUT2D eigenvalue weighted by Gasteiger charge is -2.42. The van der Waals surface area contributed by atoms with Crippen LogP contribution in [0, 0.1) is 0 Å². The van der Waals surface area contributed by atoms with Crippen molar-refractivity contribution in [2.75, 3.05) is 59.4 Å². The summed E-state index contributed by atoms with van der Waals surface area (Å²) in [5.74, 6) is 0.00530. The summed E-state index contributed by atoms with van der Waals surface area (Å²) in [5.41, 5.74) is 0. The molecule has 2 fully saturated rings. The number of piperazine rings is 1. The third-order valence-corrected chi connectivity index (χ3v) is 8.28. The molecule has 0 N–H and O–H groups in total. The van der Waals surface area contributed by atoms with Crippen LogP contribution in [0.5, 0.6) is 0 Å². The molecule has 4 rings (SSSR count). The van der Waals surface area contributed by atoms with E-state index in [0.717, 1.165) is 62.2 Å². The van der Waals surface area contributed by atoms with Crippen LogP contribution in [0.4, 0.5) is 0 Å². The summed E-state index contributed by atoms with van der Waals surface area (Å²) in [6, 6.07) is 8.24. The molecule has 6 nitrogen and oxygen atoms in total. The number of piperidine rings is 1. The third kappa shape index (κ3) is 6.64. The lowest BCUT2D eigenvalue weighted by atomic mass is 10.0. The number of thiophene rings is 1. The normalized spacial score (nSPS) is 18.1. The second-order valence-electron chi connectivity index (χ2n) is 9.32. The Morgan fingerprint density at radius 1 is 1.09 bits per heavy atom. The summed E-state index contributed by atoms with van der Waals surface area (Å²) in [5, 5.41) is 1.68. The molecule has 9 heteroatoms. The Kier molecular flexibility index (Phi) is 10.0. The largest absolute Gasteiger partial charge is 0.339 e. The van der Waals surface area contributed by atoms with Crippen LogP contribution in [0.1, 0.15) is 42.3 Å². The van der Waals surface area contributed by atoms with E-state index in [1.54, 1.807) is 4.90 Å². The van der Waals surface area contributed by atoms with E-state index in [4.69, 9.17) is 11.6 Å². The number of carbonyl (C=O) groups is 2. The summed E-state index contributed by atoms with van der Waals surface area (Å²) >= 11 is 7.56. The second-order valence-corrected chi connectivity index (χ2v) is 10.8. The Bertz CT molecular complexity index is 969. The van der Waals surface area contributed by atoms with Crippen molar-refractivity contribution in [1.82, 2.24) is 19.6 Å². The Balaban J connectivity index is 0.00000324. The van der Waals surface area contributed by atoms with E-state index in [1.807, 2.05) is 29.2 Å². The van der Waals surface area contributed by atoms with Gasteiger partial charge in [-0.15, -0.1) is 23.7 Å². The topological polar surface area (TPSA) is 47.1 Å². The van der Waals surface area contributed by atoms with Gasteiger partial charge in [0.25, 0.3) is 5.91 Å². The smallest absolute Gasteiger partial charge is 0.264 e. The fourth-order valence-electron chi connectivity index (χ4n) is 4.83. The lowest BCUT2D eigenvalue weighted by molar-refractivity contribution is -0.134. The van der Waals surface area contributed by atoms with E-state index in [9.17, 15) is 9.59 Å². The van der Waals surface area contributed by atoms with E-state index in [0.29, 0.717) is 22.5 Å². The van der Waals surface area contributed by atoms with Gasteiger partial charge in [0.1, 0.15) is 6.54 Å². The van der Waals surface area contributed by atoms with E-state index in [2.05, 4.69) is 23.8 Å². The maximum absolute atomic E-state index is 13.3. The van der Waals surface area contributed by atoms with E-state index in [-0.39, 0.29) is 30.8 Å². The van der Waals surface area contributed by atoms with Crippen molar-refractivity contribution < 1.29 is 9.59 Å². The van der Waals surface area contributed by atoms with Gasteiger partial charge in [0.15, 0.2) is 0 Å². The maximum atomic E-state index is 13.3. The standard InChI is InChI=1S/C25H35ClN4O2S.ClH/c1-3-4-9-30(25(32)23-16-19-5-6-20(26)17-22(19)33-23)18-24(31)29-14-12-28(13-15-29)21-7-10-27(2)11-8-21;/h5-6,16-17,21H,3-4,7-15,18H2,1-2H3;1H. The highest BCUT2D eigenvalue weighted by Gasteiger charge is 2.29. The van der Waals surface area contributed by atoms with Crippen LogP contribution in [0.15, 0.2) is 24.3 Å². The molecule has 0 aliphatic carbocycles. The highest BCUT2D eigenvalue weighted by molar-refractivity contribution is 7.20. The van der Waals surface area contributed by atoms with Crippen LogP contribution in [0.3, 0.4) is 0 Å². The molecule has 2 aromatic rings. The molecule has 2 amide bonds. The van der Waals surface area contributed by atoms with Crippen molar-refractivity contribution in [3.05, 3.63) is 34.2 Å². The van der Waals surface area contributed by atoms with Crippen molar-refractivity contribution in [3.63, 3.8) is 0 Å². The zero-order valence-electron chi connectivity index (χ0n) is 20.2. The van der Waals surface area contributed by atoms with E-state index >= 15 is 0 Å². The molecule has 0 saturated carbocycles. The molecule has 3 heterocycles. The van der Waals surface area contributed by atoms with Gasteiger partial charge in [-0.2, -0.15) is 0 Å². The monoisotopic (exact) mass is 526 g/mol. The fourth-order valence-corrected chi connectivity index (χ4v) is 6.13. The average Bonchev–Trinajstić information content (AvgIpc) is 3.25. The molecular formula is C25H36Cl2N4O2S. The minimum Gasteiger partial charge on any atom is -0.339 e. The van der Waals surface area contributed by atoms with Crippen LogP contribution in [0.25, 0.3) is 10.1 Å². The summed E-state index contributed by atoms with van der Waals surface area (Å²) in [4.78, 5) is 35.8. The van der Waals surface area contributed by atoms with Gasteiger partial charge in [0.2, 0.25) is 5.91 Å². The van der Waals surface area contributed by atoms with E-state index in [1.165, 1.54) is 24.2 Å². The fraction of sp³-hybridized carbons (Fsp3) is 0.600. The number of nitrogens with zero attached hydrogens (tertiary/aromatic N) is 4. The number of benzene rings is 1. The molecule has 2 aliphatic rings. The first-order valence-corrected chi connectivity index (χ1v) is 13.3. The van der Waals surface area contributed by atoms with Crippen molar-refractivity contribution in [3.8, 4) is 0 Å². The van der Waals surface area contributed by atoms with Crippen molar-refractivity contribution in [2.45, 2.75) is 38.6 Å². The molecule has 188 valence electrons. The quantitative estimate of drug-likeness (QED) is 0.534. The van der Waals surface area contributed by atoms with Gasteiger partial charge in [-0.1, -0.05) is 31.0 Å². The molecule has 0 bridgehead atoms. The zero-order chi connectivity index (χ0) is 23.4. The second kappa shape index (κ2) is 12.5. The maximum Gasteiger partial charge on any atom is 0.264 e. The zero-order valence-corrected chi connectivity index (χ0v) is 22.6. The molecule has 0 unspecified atom stereocenters. The predicted molar refractivity (Wildman–Crippen MR) is 144 cm³/mol. The average molecular weight is 528 g/mol. The number of carbonyl (C=O) groups excluding carboxylic acids is 2. The van der Waals surface area contributed by atoms with Gasteiger partial charge in [-0.25, -0.2) is 0 Å². The number of hydrogen-bond acceptors (Lipinski definition) is 5. The van der Waals surface area contributed by atoms with Crippen LogP contribution in [-0.4, -0.2) is 96.9 Å². The molecule has 2 saturated heterocycles. The third-order valence-electron chi connectivity index (χ3n) is 6.96. The number of amides is 2. The number of fused-ring (bicyclic) bond motifs is 1. The van der Waals surface area contributed by atoms with Gasteiger partial charge in [0, 0.05) is 48.5 Å². The molecule has 1 aromatic heterocycles. The molecule has 0 spiro atoms. The minimum absolute atomic E-state index is 0. The summed E-state index contributed by atoms with van der Waals surface area (Å²) in [6.45, 7) is 8.54. The number of likely N-dealkylation sites (tertiary alicyclic amines) is 1. The predicted octanol–water partition coefficient (Wildman–Crippen LogP) is 4.46. The Hall–Kier alpha value is -1.38. The molecule has 0 atom stereocenters. The molecule has 1 aromatic carbocycles. The number of unbranched alkanes of at least 4 members (excludes halogenated alkanes) is 1. The highest BCUT2D eigenvalue weighted by atomic mass is 35.5. The number of rotatable bonds is 7. The van der Waals surface area contributed by atoms with Gasteiger partial charge < -0.3 is 14.7 Å². The Labute approximate surface area is 218 Å². The summed E-state index contributed by atoms with van der Waals surface area (Å²) < 4.78 is 0.998. The number of hydrogen-bond donors (Lipinski definition) is 0. The highest BCUT2D eigenvalue weighted by Crippen LogP contribution is 2.29. The summed E-state index contributed by atoms with van der Waals surface area (Å²) in [6.07, 6.45) is 4.29. The minimum atomic E-state index is -0.0564. The van der Waals surface area contributed by atoms with Gasteiger partial charge in [-0.3, -0.25) is 14.5 Å². The SMILES string of the molecule is CCCCN(CC(=O)N1CCN(C2CCN(C)CC2)CC1)C(=O)c1cc2ccc(Cl)cc2s1.Cl. The van der Waals surface area contributed by atoms with Crippen LogP contribution < -0.4 is 0 Å². The first kappa shape index (κ1) is 27.2.